The van der Waals surface area contributed by atoms with Crippen molar-refractivity contribution in [1.29, 1.82) is 0 Å². The van der Waals surface area contributed by atoms with Crippen molar-refractivity contribution in [2.45, 2.75) is 26.0 Å². The van der Waals surface area contributed by atoms with Gasteiger partial charge in [-0.05, 0) is 30.7 Å². The molecule has 0 saturated heterocycles. The van der Waals surface area contributed by atoms with Crippen LogP contribution >= 0.6 is 0 Å². The van der Waals surface area contributed by atoms with Crippen molar-refractivity contribution >= 4 is 0 Å². The topological polar surface area (TPSA) is 74.2 Å². The average molecular weight is 231 g/mol. The van der Waals surface area contributed by atoms with Crippen LogP contribution in [0, 0.1) is 0 Å². The third-order valence-electron chi connectivity index (χ3n) is 2.80. The van der Waals surface area contributed by atoms with E-state index in [-0.39, 0.29) is 12.6 Å². The summed E-state index contributed by atoms with van der Waals surface area (Å²) in [6.45, 7) is 2.32. The Hall–Kier alpha value is -1.88. The number of hydrogen-bond acceptors (Lipinski definition) is 5. The second-order valence-corrected chi connectivity index (χ2v) is 4.17. The summed E-state index contributed by atoms with van der Waals surface area (Å²) < 4.78 is 10.6. The molecule has 1 aromatic carbocycles. The molecule has 0 saturated carbocycles. The predicted octanol–water partition coefficient (Wildman–Crippen LogP) is 1.52. The van der Waals surface area contributed by atoms with Crippen LogP contribution in [0.25, 0.3) is 11.4 Å². The maximum absolute atomic E-state index is 5.64. The van der Waals surface area contributed by atoms with Crippen LogP contribution in [0.15, 0.2) is 22.7 Å². The molecule has 1 atom stereocenters. The van der Waals surface area contributed by atoms with Gasteiger partial charge in [0.05, 0.1) is 6.54 Å². The zero-order valence-corrected chi connectivity index (χ0v) is 9.51. The predicted molar refractivity (Wildman–Crippen MR) is 61.4 cm³/mol. The molecular formula is C12H13N3O2. The fourth-order valence-corrected chi connectivity index (χ4v) is 2.02. The van der Waals surface area contributed by atoms with Crippen molar-refractivity contribution < 1.29 is 9.26 Å². The molecule has 5 nitrogen and oxygen atoms in total. The maximum atomic E-state index is 5.64. The van der Waals surface area contributed by atoms with Crippen LogP contribution in [-0.2, 0) is 13.0 Å². The largest absolute Gasteiger partial charge is 0.490 e. The summed E-state index contributed by atoms with van der Waals surface area (Å²) in [5, 5.41) is 3.89. The molecule has 0 fully saturated rings. The zero-order chi connectivity index (χ0) is 11.8. The summed E-state index contributed by atoms with van der Waals surface area (Å²) in [6.07, 6.45) is 1.16. The molecule has 2 N–H and O–H groups in total. The van der Waals surface area contributed by atoms with Crippen LogP contribution in [-0.4, -0.2) is 16.2 Å². The molecule has 17 heavy (non-hydrogen) atoms. The number of hydrogen-bond donors (Lipinski definition) is 1. The van der Waals surface area contributed by atoms with E-state index in [4.69, 9.17) is 15.0 Å². The summed E-state index contributed by atoms with van der Waals surface area (Å²) in [6, 6.07) is 5.93. The van der Waals surface area contributed by atoms with Crippen LogP contribution in [0.4, 0.5) is 0 Å². The van der Waals surface area contributed by atoms with Gasteiger partial charge in [0.25, 0.3) is 0 Å². The van der Waals surface area contributed by atoms with E-state index in [1.807, 2.05) is 18.2 Å². The van der Waals surface area contributed by atoms with Crippen molar-refractivity contribution in [2.24, 2.45) is 5.73 Å². The molecule has 0 bridgehead atoms. The van der Waals surface area contributed by atoms with Crippen molar-refractivity contribution in [3.05, 3.63) is 29.7 Å². The van der Waals surface area contributed by atoms with Crippen LogP contribution in [0.1, 0.15) is 18.4 Å². The number of fused-ring (bicyclic) bond motifs is 1. The molecule has 0 spiro atoms. The van der Waals surface area contributed by atoms with Gasteiger partial charge in [0.15, 0.2) is 0 Å². The summed E-state index contributed by atoms with van der Waals surface area (Å²) >= 11 is 0. The highest BCUT2D eigenvalue weighted by atomic mass is 16.5. The first kappa shape index (κ1) is 10.3. The van der Waals surface area contributed by atoms with E-state index in [0.29, 0.717) is 11.7 Å². The van der Waals surface area contributed by atoms with E-state index >= 15 is 0 Å². The van der Waals surface area contributed by atoms with Gasteiger partial charge >= 0.3 is 0 Å². The maximum Gasteiger partial charge on any atom is 0.240 e. The van der Waals surface area contributed by atoms with E-state index in [1.54, 1.807) is 0 Å². The van der Waals surface area contributed by atoms with Gasteiger partial charge in [-0.25, -0.2) is 0 Å². The smallest absolute Gasteiger partial charge is 0.240 e. The van der Waals surface area contributed by atoms with Gasteiger partial charge in [-0.3, -0.25) is 0 Å². The van der Waals surface area contributed by atoms with E-state index in [0.717, 1.165) is 17.7 Å². The molecule has 88 valence electrons. The first-order chi connectivity index (χ1) is 8.26. The Bertz CT molecular complexity index is 550. The molecule has 1 unspecified atom stereocenters. The molecule has 2 heterocycles. The van der Waals surface area contributed by atoms with Crippen LogP contribution < -0.4 is 10.5 Å². The van der Waals surface area contributed by atoms with E-state index in [2.05, 4.69) is 17.1 Å². The first-order valence-electron chi connectivity index (χ1n) is 5.59. The molecule has 0 aliphatic carbocycles. The van der Waals surface area contributed by atoms with E-state index in [1.165, 1.54) is 5.56 Å². The highest BCUT2D eigenvalue weighted by molar-refractivity contribution is 5.59. The minimum absolute atomic E-state index is 0.241. The van der Waals surface area contributed by atoms with Gasteiger partial charge in [-0.15, -0.1) is 0 Å². The van der Waals surface area contributed by atoms with Gasteiger partial charge in [-0.2, -0.15) is 4.98 Å². The summed E-state index contributed by atoms with van der Waals surface area (Å²) in [5.74, 6) is 1.97. The van der Waals surface area contributed by atoms with Crippen molar-refractivity contribution in [1.82, 2.24) is 10.1 Å². The summed E-state index contributed by atoms with van der Waals surface area (Å²) in [5.41, 5.74) is 7.56. The van der Waals surface area contributed by atoms with Crippen molar-refractivity contribution in [3.63, 3.8) is 0 Å². The summed E-state index contributed by atoms with van der Waals surface area (Å²) in [4.78, 5) is 4.20. The van der Waals surface area contributed by atoms with E-state index in [9.17, 15) is 0 Å². The van der Waals surface area contributed by atoms with Gasteiger partial charge < -0.3 is 15.0 Å². The van der Waals surface area contributed by atoms with Gasteiger partial charge in [0, 0.05) is 12.0 Å². The Morgan fingerprint density at radius 2 is 2.35 bits per heavy atom. The Balaban J connectivity index is 1.97. The monoisotopic (exact) mass is 231 g/mol. The van der Waals surface area contributed by atoms with Gasteiger partial charge in [0.1, 0.15) is 11.9 Å². The minimum Gasteiger partial charge on any atom is -0.490 e. The second-order valence-electron chi connectivity index (χ2n) is 4.17. The normalized spacial score (nSPS) is 17.9. The Labute approximate surface area is 98.6 Å². The minimum atomic E-state index is 0.241. The Morgan fingerprint density at radius 3 is 3.12 bits per heavy atom. The Morgan fingerprint density at radius 1 is 1.47 bits per heavy atom. The second kappa shape index (κ2) is 3.85. The number of ether oxygens (including phenoxy) is 1. The quantitative estimate of drug-likeness (QED) is 0.848. The molecule has 5 heteroatoms. The number of rotatable bonds is 2. The molecule has 1 aliphatic heterocycles. The molecule has 1 aromatic heterocycles. The number of nitrogens with zero attached hydrogens (tertiary/aromatic N) is 2. The lowest BCUT2D eigenvalue weighted by molar-refractivity contribution is 0.254. The number of aromatic nitrogens is 2. The lowest BCUT2D eigenvalue weighted by Crippen LogP contribution is -2.05. The fraction of sp³-hybridized carbons (Fsp3) is 0.333. The number of nitrogens with two attached hydrogens (primary N) is 1. The molecular weight excluding hydrogens is 218 g/mol. The van der Waals surface area contributed by atoms with E-state index < -0.39 is 0 Å². The van der Waals surface area contributed by atoms with Crippen molar-refractivity contribution in [3.8, 4) is 17.1 Å². The van der Waals surface area contributed by atoms with Crippen LogP contribution in [0.3, 0.4) is 0 Å². The number of benzene rings is 1. The Kier molecular flexibility index (Phi) is 2.33. The van der Waals surface area contributed by atoms with Crippen molar-refractivity contribution in [2.75, 3.05) is 0 Å². The molecule has 0 amide bonds. The zero-order valence-electron chi connectivity index (χ0n) is 9.51. The average Bonchev–Trinajstić information content (AvgIpc) is 2.92. The lowest BCUT2D eigenvalue weighted by Gasteiger charge is -2.01. The summed E-state index contributed by atoms with van der Waals surface area (Å²) in [7, 11) is 0. The third-order valence-corrected chi connectivity index (χ3v) is 2.80. The SMILES string of the molecule is CC1Cc2cc(-c3noc(CN)n3)ccc2O1. The molecule has 0 radical (unpaired) electrons. The molecule has 2 aromatic rings. The van der Waals surface area contributed by atoms with Crippen LogP contribution in [0.2, 0.25) is 0 Å². The lowest BCUT2D eigenvalue weighted by atomic mass is 10.1. The van der Waals surface area contributed by atoms with Gasteiger partial charge in [-0.1, -0.05) is 5.16 Å². The highest BCUT2D eigenvalue weighted by Gasteiger charge is 2.20. The molecule has 1 aliphatic rings. The molecule has 3 rings (SSSR count). The highest BCUT2D eigenvalue weighted by Crippen LogP contribution is 2.31. The third kappa shape index (κ3) is 1.78. The van der Waals surface area contributed by atoms with Gasteiger partial charge in [0.2, 0.25) is 11.7 Å². The van der Waals surface area contributed by atoms with Crippen LogP contribution in [0.5, 0.6) is 5.75 Å². The first-order valence-corrected chi connectivity index (χ1v) is 5.59. The standard InChI is InChI=1S/C12H13N3O2/c1-7-4-9-5-8(2-3-10(9)16-7)12-14-11(6-13)17-15-12/h2-3,5,7H,4,6,13H2,1H3. The fourth-order valence-electron chi connectivity index (χ4n) is 2.02.